The molecular formula is C6H11NO2S2. The minimum absolute atomic E-state index is 0.444. The van der Waals surface area contributed by atoms with Crippen LogP contribution in [0.5, 0.6) is 0 Å². The molecule has 64 valence electrons. The van der Waals surface area contributed by atoms with Crippen molar-refractivity contribution in [3.8, 4) is 0 Å². The van der Waals surface area contributed by atoms with Gasteiger partial charge in [0.05, 0.1) is 0 Å². The molecule has 0 aromatic carbocycles. The molecule has 3 nitrogen and oxygen atoms in total. The minimum Gasteiger partial charge on any atom is -0.480 e. The van der Waals surface area contributed by atoms with Gasteiger partial charge in [-0.25, -0.2) is 0 Å². The van der Waals surface area contributed by atoms with Gasteiger partial charge in [0.2, 0.25) is 0 Å². The van der Waals surface area contributed by atoms with Crippen LogP contribution in [0.1, 0.15) is 6.42 Å². The van der Waals surface area contributed by atoms with Crippen LogP contribution in [-0.2, 0) is 4.79 Å². The van der Waals surface area contributed by atoms with Gasteiger partial charge < -0.3 is 10.8 Å². The summed E-state index contributed by atoms with van der Waals surface area (Å²) in [6.07, 6.45) is 0.444. The van der Waals surface area contributed by atoms with Crippen LogP contribution in [0.4, 0.5) is 0 Å². The first-order valence-electron chi connectivity index (χ1n) is 3.03. The monoisotopic (exact) mass is 193 g/mol. The number of nitrogens with two attached hydrogens (primary N) is 1. The van der Waals surface area contributed by atoms with Crippen LogP contribution < -0.4 is 5.73 Å². The normalized spacial score (nSPS) is 12.5. The van der Waals surface area contributed by atoms with Gasteiger partial charge in [-0.1, -0.05) is 6.58 Å². The van der Waals surface area contributed by atoms with Crippen LogP contribution in [0.2, 0.25) is 0 Å². The number of aliphatic carboxylic acids is 1. The average molecular weight is 193 g/mol. The molecule has 0 aliphatic carbocycles. The number of carboxylic acid groups (broad SMARTS) is 1. The second-order valence-corrected chi connectivity index (χ2v) is 4.01. The summed E-state index contributed by atoms with van der Waals surface area (Å²) in [7, 11) is 0. The Morgan fingerprint density at radius 1 is 1.82 bits per heavy atom. The third-order valence-electron chi connectivity index (χ3n) is 1.01. The van der Waals surface area contributed by atoms with Crippen LogP contribution in [-0.4, -0.2) is 22.9 Å². The van der Waals surface area contributed by atoms with E-state index in [0.717, 1.165) is 0 Å². The molecule has 11 heavy (non-hydrogen) atoms. The van der Waals surface area contributed by atoms with Gasteiger partial charge in [-0.15, -0.1) is 24.4 Å². The van der Waals surface area contributed by atoms with Gasteiger partial charge >= 0.3 is 5.97 Å². The lowest BCUT2D eigenvalue weighted by molar-refractivity contribution is -0.138. The molecule has 0 bridgehead atoms. The van der Waals surface area contributed by atoms with E-state index >= 15 is 0 Å². The number of carboxylic acids is 1. The average Bonchev–Trinajstić information content (AvgIpc) is 1.86. The summed E-state index contributed by atoms with van der Waals surface area (Å²) in [5, 5.41) is 8.37. The first-order chi connectivity index (χ1) is 5.04. The van der Waals surface area contributed by atoms with Crippen molar-refractivity contribution in [1.29, 1.82) is 0 Å². The Morgan fingerprint density at radius 2 is 2.36 bits per heavy atom. The molecule has 0 aromatic heterocycles. The largest absolute Gasteiger partial charge is 0.480 e. The zero-order valence-corrected chi connectivity index (χ0v) is 7.70. The van der Waals surface area contributed by atoms with E-state index in [-0.39, 0.29) is 0 Å². The Morgan fingerprint density at radius 3 is 2.73 bits per heavy atom. The fraction of sp³-hybridized carbons (Fsp3) is 0.500. The molecule has 0 radical (unpaired) electrons. The van der Waals surface area contributed by atoms with Crippen molar-refractivity contribution >= 4 is 30.4 Å². The molecular weight excluding hydrogens is 182 g/mol. The molecule has 0 heterocycles. The highest BCUT2D eigenvalue weighted by atomic mass is 32.2. The summed E-state index contributed by atoms with van der Waals surface area (Å²) in [5.74, 6) is -0.314. The number of carbonyl (C=O) groups is 1. The van der Waals surface area contributed by atoms with Gasteiger partial charge in [-0.3, -0.25) is 4.79 Å². The lowest BCUT2D eigenvalue weighted by Gasteiger charge is -2.04. The van der Waals surface area contributed by atoms with Crippen molar-refractivity contribution in [3.05, 3.63) is 10.8 Å². The molecule has 1 atom stereocenters. The highest BCUT2D eigenvalue weighted by Gasteiger charge is 2.09. The van der Waals surface area contributed by atoms with Crippen LogP contribution in [0.25, 0.3) is 0 Å². The van der Waals surface area contributed by atoms with E-state index in [1.165, 1.54) is 11.8 Å². The van der Waals surface area contributed by atoms with E-state index in [4.69, 9.17) is 10.8 Å². The fourth-order valence-electron chi connectivity index (χ4n) is 0.427. The predicted octanol–water partition coefficient (Wildman–Crippen LogP) is 0.923. The molecule has 3 N–H and O–H groups in total. The Hall–Kier alpha value is -0.130. The van der Waals surface area contributed by atoms with Gasteiger partial charge in [0, 0.05) is 9.99 Å². The standard InChI is InChI=1S/C6H11NO2S2/c1-4(10)11-3-2-5(7)6(8)9/h5,10H,1-3,7H2,(H,8,9). The molecule has 0 saturated carbocycles. The zero-order valence-electron chi connectivity index (χ0n) is 5.99. The number of thioether (sulfide) groups is 1. The highest BCUT2D eigenvalue weighted by Crippen LogP contribution is 2.17. The third kappa shape index (κ3) is 6.28. The SMILES string of the molecule is C=C(S)SCCC(N)C(=O)O. The maximum Gasteiger partial charge on any atom is 0.320 e. The lowest BCUT2D eigenvalue weighted by Crippen LogP contribution is -2.30. The van der Waals surface area contributed by atoms with E-state index in [0.29, 0.717) is 16.4 Å². The van der Waals surface area contributed by atoms with Crippen LogP contribution in [0, 0.1) is 0 Å². The Labute approximate surface area is 75.4 Å². The van der Waals surface area contributed by atoms with Crippen molar-refractivity contribution < 1.29 is 9.90 Å². The summed E-state index contributed by atoms with van der Waals surface area (Å²) in [5.41, 5.74) is 5.24. The minimum atomic E-state index is -0.963. The molecule has 0 aliphatic heterocycles. The second-order valence-electron chi connectivity index (χ2n) is 1.98. The van der Waals surface area contributed by atoms with Gasteiger partial charge in [0.1, 0.15) is 6.04 Å². The summed E-state index contributed by atoms with van der Waals surface area (Å²) in [6.45, 7) is 3.54. The van der Waals surface area contributed by atoms with Crippen LogP contribution >= 0.6 is 24.4 Å². The maximum absolute atomic E-state index is 10.2. The van der Waals surface area contributed by atoms with E-state index < -0.39 is 12.0 Å². The van der Waals surface area contributed by atoms with E-state index in [1.807, 2.05) is 0 Å². The third-order valence-corrected chi connectivity index (χ3v) is 2.18. The van der Waals surface area contributed by atoms with Crippen molar-refractivity contribution in [2.75, 3.05) is 5.75 Å². The zero-order chi connectivity index (χ0) is 8.85. The van der Waals surface area contributed by atoms with Gasteiger partial charge in [-0.2, -0.15) is 0 Å². The molecule has 0 amide bonds. The Bertz CT molecular complexity index is 161. The quantitative estimate of drug-likeness (QED) is 0.568. The molecule has 0 saturated heterocycles. The smallest absolute Gasteiger partial charge is 0.320 e. The number of rotatable bonds is 5. The van der Waals surface area contributed by atoms with Crippen LogP contribution in [0.15, 0.2) is 10.8 Å². The van der Waals surface area contributed by atoms with E-state index in [1.54, 1.807) is 0 Å². The Kier molecular flexibility index (Phi) is 5.45. The van der Waals surface area contributed by atoms with Crippen LogP contribution in [0.3, 0.4) is 0 Å². The molecule has 1 unspecified atom stereocenters. The second kappa shape index (κ2) is 5.51. The number of hydrogen-bond acceptors (Lipinski definition) is 4. The first kappa shape index (κ1) is 10.9. The molecule has 0 fully saturated rings. The summed E-state index contributed by atoms with van der Waals surface area (Å²) < 4.78 is 0.683. The van der Waals surface area contributed by atoms with Crippen molar-refractivity contribution in [2.24, 2.45) is 5.73 Å². The molecule has 0 aliphatic rings. The number of thiol groups is 1. The molecule has 0 spiro atoms. The van der Waals surface area contributed by atoms with Gasteiger partial charge in [0.15, 0.2) is 0 Å². The van der Waals surface area contributed by atoms with Crippen molar-refractivity contribution in [2.45, 2.75) is 12.5 Å². The van der Waals surface area contributed by atoms with Crippen molar-refractivity contribution in [1.82, 2.24) is 0 Å². The molecule has 0 rings (SSSR count). The summed E-state index contributed by atoms with van der Waals surface area (Å²) in [6, 6.07) is -0.768. The van der Waals surface area contributed by atoms with Crippen molar-refractivity contribution in [3.63, 3.8) is 0 Å². The molecule has 5 heteroatoms. The van der Waals surface area contributed by atoms with Gasteiger partial charge in [0.25, 0.3) is 0 Å². The fourth-order valence-corrected chi connectivity index (χ4v) is 1.31. The van der Waals surface area contributed by atoms with Gasteiger partial charge in [-0.05, 0) is 6.42 Å². The predicted molar refractivity (Wildman–Crippen MR) is 50.8 cm³/mol. The molecule has 0 aromatic rings. The topological polar surface area (TPSA) is 63.3 Å². The maximum atomic E-state index is 10.2. The van der Waals surface area contributed by atoms with E-state index in [2.05, 4.69) is 19.2 Å². The number of hydrogen-bond donors (Lipinski definition) is 3. The Balaban J connectivity index is 3.39. The summed E-state index contributed by atoms with van der Waals surface area (Å²) >= 11 is 5.34. The highest BCUT2D eigenvalue weighted by molar-refractivity contribution is 8.15. The lowest BCUT2D eigenvalue weighted by atomic mass is 10.2. The van der Waals surface area contributed by atoms with E-state index in [9.17, 15) is 4.79 Å². The first-order valence-corrected chi connectivity index (χ1v) is 4.46. The summed E-state index contributed by atoms with van der Waals surface area (Å²) in [4.78, 5) is 10.2.